The van der Waals surface area contributed by atoms with Gasteiger partial charge in [0, 0.05) is 17.5 Å². The van der Waals surface area contributed by atoms with E-state index in [9.17, 15) is 9.59 Å². The van der Waals surface area contributed by atoms with Crippen molar-refractivity contribution >= 4 is 11.7 Å². The van der Waals surface area contributed by atoms with Crippen LogP contribution in [0.3, 0.4) is 0 Å². The van der Waals surface area contributed by atoms with Crippen LogP contribution in [-0.2, 0) is 4.79 Å². The Hall–Kier alpha value is -3.46. The van der Waals surface area contributed by atoms with E-state index in [0.717, 1.165) is 0 Å². The zero-order chi connectivity index (χ0) is 22.1. The van der Waals surface area contributed by atoms with E-state index in [1.54, 1.807) is 35.8 Å². The number of benzene rings is 2. The number of hydroxylamine groups is 1. The van der Waals surface area contributed by atoms with Gasteiger partial charge in [0.1, 0.15) is 0 Å². The molecule has 0 saturated heterocycles. The van der Waals surface area contributed by atoms with Crippen molar-refractivity contribution in [3.8, 4) is 28.7 Å². The molecule has 1 amide bonds. The first kappa shape index (κ1) is 22.8. The minimum absolute atomic E-state index is 0.100. The SMILES string of the molecule is COc1ccc(C(=O)c2cc(OC)c(OC)c(OC)c2)cc1OCCCC(=O)NO. The molecule has 2 aromatic rings. The Balaban J connectivity index is 2.28. The maximum atomic E-state index is 13.1. The number of rotatable bonds is 11. The molecule has 0 atom stereocenters. The van der Waals surface area contributed by atoms with Gasteiger partial charge >= 0.3 is 0 Å². The first-order valence-electron chi connectivity index (χ1n) is 9.07. The summed E-state index contributed by atoms with van der Waals surface area (Å²) in [4.78, 5) is 24.1. The highest BCUT2D eigenvalue weighted by atomic mass is 16.5. The molecule has 0 aliphatic heterocycles. The van der Waals surface area contributed by atoms with Crippen molar-refractivity contribution < 1.29 is 38.5 Å². The molecule has 2 N–H and O–H groups in total. The van der Waals surface area contributed by atoms with E-state index in [0.29, 0.717) is 46.3 Å². The summed E-state index contributed by atoms with van der Waals surface area (Å²) in [6.07, 6.45) is 0.476. The molecule has 30 heavy (non-hydrogen) atoms. The normalized spacial score (nSPS) is 10.2. The third kappa shape index (κ3) is 5.32. The van der Waals surface area contributed by atoms with Crippen molar-refractivity contribution in [3.05, 3.63) is 41.5 Å². The lowest BCUT2D eigenvalue weighted by atomic mass is 10.0. The molecule has 0 heterocycles. The van der Waals surface area contributed by atoms with Gasteiger partial charge in [0.25, 0.3) is 0 Å². The predicted octanol–water partition coefficient (Wildman–Crippen LogP) is 2.62. The molecule has 9 nitrogen and oxygen atoms in total. The van der Waals surface area contributed by atoms with Gasteiger partial charge in [-0.05, 0) is 36.8 Å². The minimum Gasteiger partial charge on any atom is -0.493 e. The van der Waals surface area contributed by atoms with Gasteiger partial charge in [-0.15, -0.1) is 0 Å². The Kier molecular flexibility index (Phi) is 8.30. The maximum Gasteiger partial charge on any atom is 0.243 e. The molecule has 0 spiro atoms. The second-order valence-corrected chi connectivity index (χ2v) is 6.10. The third-order valence-corrected chi connectivity index (χ3v) is 4.28. The highest BCUT2D eigenvalue weighted by Gasteiger charge is 2.19. The second kappa shape index (κ2) is 10.9. The van der Waals surface area contributed by atoms with Gasteiger partial charge in [-0.1, -0.05) is 0 Å². The molecule has 162 valence electrons. The van der Waals surface area contributed by atoms with Gasteiger partial charge < -0.3 is 23.7 Å². The fourth-order valence-electron chi connectivity index (χ4n) is 2.78. The van der Waals surface area contributed by atoms with Crippen LogP contribution in [0.25, 0.3) is 0 Å². The molecule has 0 saturated carbocycles. The summed E-state index contributed by atoms with van der Waals surface area (Å²) in [6.45, 7) is 0.200. The number of hydrogen-bond acceptors (Lipinski definition) is 8. The molecule has 0 aromatic heterocycles. The Morgan fingerprint density at radius 3 is 1.97 bits per heavy atom. The van der Waals surface area contributed by atoms with Crippen molar-refractivity contribution in [2.24, 2.45) is 0 Å². The van der Waals surface area contributed by atoms with Crippen LogP contribution in [0.2, 0.25) is 0 Å². The number of ketones is 1. The number of methoxy groups -OCH3 is 4. The van der Waals surface area contributed by atoms with Crippen molar-refractivity contribution in [3.63, 3.8) is 0 Å². The van der Waals surface area contributed by atoms with E-state index in [1.807, 2.05) is 0 Å². The van der Waals surface area contributed by atoms with Crippen LogP contribution in [0.4, 0.5) is 0 Å². The molecule has 0 aliphatic carbocycles. The van der Waals surface area contributed by atoms with Crippen LogP contribution in [0.5, 0.6) is 28.7 Å². The molecule has 0 unspecified atom stereocenters. The highest BCUT2D eigenvalue weighted by molar-refractivity contribution is 6.10. The number of hydrogen-bond donors (Lipinski definition) is 2. The third-order valence-electron chi connectivity index (χ3n) is 4.28. The van der Waals surface area contributed by atoms with Crippen molar-refractivity contribution in [1.29, 1.82) is 0 Å². The topological polar surface area (TPSA) is 113 Å². The van der Waals surface area contributed by atoms with Gasteiger partial charge in [0.2, 0.25) is 11.7 Å². The van der Waals surface area contributed by atoms with Crippen molar-refractivity contribution in [1.82, 2.24) is 5.48 Å². The van der Waals surface area contributed by atoms with Crippen LogP contribution in [0, 0.1) is 0 Å². The van der Waals surface area contributed by atoms with Crippen LogP contribution in [0.1, 0.15) is 28.8 Å². The first-order valence-corrected chi connectivity index (χ1v) is 9.07. The van der Waals surface area contributed by atoms with E-state index in [-0.39, 0.29) is 18.8 Å². The van der Waals surface area contributed by atoms with E-state index in [2.05, 4.69) is 0 Å². The number of carbonyl (C=O) groups is 2. The summed E-state index contributed by atoms with van der Waals surface area (Å²) in [5.41, 5.74) is 2.28. The Bertz CT molecular complexity index is 872. The van der Waals surface area contributed by atoms with E-state index in [4.69, 9.17) is 28.9 Å². The van der Waals surface area contributed by atoms with Gasteiger partial charge in [-0.3, -0.25) is 14.8 Å². The lowest BCUT2D eigenvalue weighted by Crippen LogP contribution is -2.18. The zero-order valence-electron chi connectivity index (χ0n) is 17.3. The molecule has 0 radical (unpaired) electrons. The number of amides is 1. The average molecular weight is 419 g/mol. The lowest BCUT2D eigenvalue weighted by molar-refractivity contribution is -0.129. The van der Waals surface area contributed by atoms with Gasteiger partial charge in [0.05, 0.1) is 35.0 Å². The average Bonchev–Trinajstić information content (AvgIpc) is 2.79. The molecule has 2 rings (SSSR count). The largest absolute Gasteiger partial charge is 0.493 e. The minimum atomic E-state index is -0.503. The summed E-state index contributed by atoms with van der Waals surface area (Å²) >= 11 is 0. The maximum absolute atomic E-state index is 13.1. The molecule has 0 fully saturated rings. The Labute approximate surface area is 174 Å². The first-order chi connectivity index (χ1) is 14.5. The van der Waals surface area contributed by atoms with E-state index in [1.165, 1.54) is 28.4 Å². The van der Waals surface area contributed by atoms with Crippen molar-refractivity contribution in [2.75, 3.05) is 35.0 Å². The standard InChI is InChI=1S/C21H25NO8/c1-26-15-8-7-13(10-16(15)30-9-5-6-19(23)22-25)20(24)14-11-17(27-2)21(29-4)18(12-14)28-3/h7-8,10-12,25H,5-6,9H2,1-4H3,(H,22,23). The molecule has 9 heteroatoms. The number of carbonyl (C=O) groups excluding carboxylic acids is 2. The number of ether oxygens (including phenoxy) is 5. The monoisotopic (exact) mass is 419 g/mol. The summed E-state index contributed by atoms with van der Waals surface area (Å²) in [5, 5.41) is 8.52. The quantitative estimate of drug-likeness (QED) is 0.247. The molecule has 2 aromatic carbocycles. The predicted molar refractivity (Wildman–Crippen MR) is 107 cm³/mol. The smallest absolute Gasteiger partial charge is 0.243 e. The van der Waals surface area contributed by atoms with Crippen LogP contribution in [0.15, 0.2) is 30.3 Å². The number of nitrogens with one attached hydrogen (secondary N) is 1. The second-order valence-electron chi connectivity index (χ2n) is 6.10. The van der Waals surface area contributed by atoms with Gasteiger partial charge in [-0.2, -0.15) is 0 Å². The summed E-state index contributed by atoms with van der Waals surface area (Å²) < 4.78 is 26.8. The Morgan fingerprint density at radius 1 is 0.833 bits per heavy atom. The summed E-state index contributed by atoms with van der Waals surface area (Å²) in [6, 6.07) is 7.96. The van der Waals surface area contributed by atoms with Crippen LogP contribution in [-0.4, -0.2) is 51.9 Å². The molecule has 0 bridgehead atoms. The van der Waals surface area contributed by atoms with Gasteiger partial charge in [0.15, 0.2) is 28.8 Å². The Morgan fingerprint density at radius 2 is 1.43 bits per heavy atom. The van der Waals surface area contributed by atoms with E-state index >= 15 is 0 Å². The van der Waals surface area contributed by atoms with Gasteiger partial charge in [-0.25, -0.2) is 5.48 Å². The zero-order valence-corrected chi connectivity index (χ0v) is 17.3. The summed E-state index contributed by atoms with van der Waals surface area (Å²) in [7, 11) is 5.92. The van der Waals surface area contributed by atoms with Crippen LogP contribution >= 0.6 is 0 Å². The molecular formula is C21H25NO8. The summed E-state index contributed by atoms with van der Waals surface area (Å²) in [5.74, 6) is 1.16. The fourth-order valence-corrected chi connectivity index (χ4v) is 2.78. The van der Waals surface area contributed by atoms with Crippen LogP contribution < -0.4 is 29.2 Å². The van der Waals surface area contributed by atoms with Crippen molar-refractivity contribution in [2.45, 2.75) is 12.8 Å². The van der Waals surface area contributed by atoms with E-state index < -0.39 is 5.91 Å². The highest BCUT2D eigenvalue weighted by Crippen LogP contribution is 2.39. The molecule has 0 aliphatic rings. The fraction of sp³-hybridized carbons (Fsp3) is 0.333. The molecular weight excluding hydrogens is 394 g/mol. The lowest BCUT2D eigenvalue weighted by Gasteiger charge is -2.15.